The van der Waals surface area contributed by atoms with Gasteiger partial charge in [-0.2, -0.15) is 0 Å². The molecule has 2 rings (SSSR count). The molecule has 1 aliphatic rings. The minimum Gasteiger partial charge on any atom is -0.384 e. The maximum Gasteiger partial charge on any atom is 0.240 e. The zero-order valence-corrected chi connectivity index (χ0v) is 15.7. The Labute approximate surface area is 145 Å². The Morgan fingerprint density at radius 3 is 2.38 bits per heavy atom. The molecule has 1 aliphatic heterocycles. The average molecular weight is 356 g/mol. The highest BCUT2D eigenvalue weighted by Gasteiger charge is 2.33. The van der Waals surface area contributed by atoms with Crippen molar-refractivity contribution in [2.24, 2.45) is 5.41 Å². The van der Waals surface area contributed by atoms with Crippen LogP contribution in [0.4, 0.5) is 0 Å². The van der Waals surface area contributed by atoms with E-state index in [4.69, 9.17) is 4.74 Å². The Balaban J connectivity index is 2.04. The molecule has 136 valence electrons. The van der Waals surface area contributed by atoms with E-state index in [-0.39, 0.29) is 5.41 Å². The van der Waals surface area contributed by atoms with E-state index >= 15 is 0 Å². The number of methoxy groups -OCH3 is 1. The van der Waals surface area contributed by atoms with Crippen LogP contribution in [-0.2, 0) is 21.3 Å². The summed E-state index contributed by atoms with van der Waals surface area (Å²) in [7, 11) is 2.14. The second-order valence-electron chi connectivity index (χ2n) is 6.89. The first-order valence-electron chi connectivity index (χ1n) is 8.30. The molecular formula is C17H29N3O3S. The van der Waals surface area contributed by atoms with Crippen molar-refractivity contribution in [3.8, 4) is 0 Å². The van der Waals surface area contributed by atoms with Gasteiger partial charge in [-0.3, -0.25) is 0 Å². The van der Waals surface area contributed by atoms with Gasteiger partial charge in [0.25, 0.3) is 0 Å². The smallest absolute Gasteiger partial charge is 0.240 e. The lowest BCUT2D eigenvalue weighted by Crippen LogP contribution is -2.47. The van der Waals surface area contributed by atoms with Crippen molar-refractivity contribution in [2.75, 3.05) is 47.4 Å². The number of piperidine rings is 1. The minimum atomic E-state index is -3.50. The molecule has 1 fully saturated rings. The second kappa shape index (κ2) is 8.40. The van der Waals surface area contributed by atoms with Crippen LogP contribution < -0.4 is 10.0 Å². The minimum absolute atomic E-state index is 0.127. The lowest BCUT2D eigenvalue weighted by Gasteiger charge is -2.37. The molecule has 7 heteroatoms. The molecule has 0 aromatic heterocycles. The van der Waals surface area contributed by atoms with Gasteiger partial charge in [0.05, 0.1) is 11.5 Å². The zero-order chi connectivity index (χ0) is 17.6. The molecule has 6 nitrogen and oxygen atoms in total. The van der Waals surface area contributed by atoms with Gasteiger partial charge in [-0.25, -0.2) is 13.1 Å². The van der Waals surface area contributed by atoms with Crippen molar-refractivity contribution in [1.82, 2.24) is 14.9 Å². The summed E-state index contributed by atoms with van der Waals surface area (Å²) >= 11 is 0. The van der Waals surface area contributed by atoms with E-state index in [0.717, 1.165) is 38.0 Å². The Morgan fingerprint density at radius 1 is 1.21 bits per heavy atom. The van der Waals surface area contributed by atoms with Crippen molar-refractivity contribution in [3.05, 3.63) is 29.8 Å². The van der Waals surface area contributed by atoms with Gasteiger partial charge >= 0.3 is 0 Å². The summed E-state index contributed by atoms with van der Waals surface area (Å²) in [5, 5.41) is 3.31. The summed E-state index contributed by atoms with van der Waals surface area (Å²) in [6, 6.07) is 7.08. The van der Waals surface area contributed by atoms with Crippen LogP contribution in [-0.4, -0.2) is 60.8 Å². The van der Waals surface area contributed by atoms with Gasteiger partial charge in [0.1, 0.15) is 0 Å². The highest BCUT2D eigenvalue weighted by molar-refractivity contribution is 7.89. The molecule has 0 aliphatic carbocycles. The molecule has 24 heavy (non-hydrogen) atoms. The van der Waals surface area contributed by atoms with E-state index in [1.807, 2.05) is 31.1 Å². The molecule has 0 radical (unpaired) electrons. The molecule has 1 saturated heterocycles. The van der Waals surface area contributed by atoms with Crippen LogP contribution >= 0.6 is 0 Å². The number of sulfonamides is 1. The maximum atomic E-state index is 12.6. The topological polar surface area (TPSA) is 70.7 Å². The molecule has 0 unspecified atom stereocenters. The summed E-state index contributed by atoms with van der Waals surface area (Å²) < 4.78 is 33.3. The van der Waals surface area contributed by atoms with Crippen molar-refractivity contribution < 1.29 is 13.2 Å². The molecular weight excluding hydrogens is 326 g/mol. The molecule has 0 amide bonds. The fraction of sp³-hybridized carbons (Fsp3) is 0.647. The summed E-state index contributed by atoms with van der Waals surface area (Å²) in [4.78, 5) is 2.36. The Kier molecular flexibility index (Phi) is 6.77. The van der Waals surface area contributed by atoms with Crippen LogP contribution in [0.1, 0.15) is 18.4 Å². The molecule has 1 aromatic carbocycles. The number of hydrogen-bond donors (Lipinski definition) is 2. The van der Waals surface area contributed by atoms with E-state index in [0.29, 0.717) is 18.0 Å². The van der Waals surface area contributed by atoms with Crippen LogP contribution in [0, 0.1) is 5.41 Å². The van der Waals surface area contributed by atoms with Gasteiger partial charge in [0.2, 0.25) is 10.0 Å². The molecule has 0 spiro atoms. The highest BCUT2D eigenvalue weighted by atomic mass is 32.2. The van der Waals surface area contributed by atoms with E-state index in [1.165, 1.54) is 0 Å². The third-order valence-corrected chi connectivity index (χ3v) is 5.90. The van der Waals surface area contributed by atoms with Crippen LogP contribution in [0.5, 0.6) is 0 Å². The van der Waals surface area contributed by atoms with Crippen LogP contribution in [0.3, 0.4) is 0 Å². The van der Waals surface area contributed by atoms with E-state index < -0.39 is 10.0 Å². The molecule has 1 aromatic rings. The standard InChI is InChI=1S/C17H29N3O3S/c1-20(2)12-15-4-6-16(7-5-15)24(21,22)19-13-17(14-23-3)8-10-18-11-9-17/h4-7,18-19H,8-14H2,1-3H3. The van der Waals surface area contributed by atoms with E-state index in [9.17, 15) is 8.42 Å². The number of ether oxygens (including phenoxy) is 1. The third-order valence-electron chi connectivity index (χ3n) is 4.48. The second-order valence-corrected chi connectivity index (χ2v) is 8.66. The molecule has 0 bridgehead atoms. The lowest BCUT2D eigenvalue weighted by molar-refractivity contribution is 0.0577. The zero-order valence-electron chi connectivity index (χ0n) is 14.8. The van der Waals surface area contributed by atoms with Gasteiger partial charge < -0.3 is 15.0 Å². The summed E-state index contributed by atoms with van der Waals surface area (Å²) in [5.74, 6) is 0. The van der Waals surface area contributed by atoms with Crippen molar-refractivity contribution in [3.63, 3.8) is 0 Å². The van der Waals surface area contributed by atoms with Gasteiger partial charge in [-0.05, 0) is 57.7 Å². The summed E-state index contributed by atoms with van der Waals surface area (Å²) in [6.07, 6.45) is 1.82. The van der Waals surface area contributed by atoms with E-state index in [1.54, 1.807) is 19.2 Å². The van der Waals surface area contributed by atoms with Gasteiger partial charge in [0.15, 0.2) is 0 Å². The third kappa shape index (κ3) is 5.26. The Morgan fingerprint density at radius 2 is 1.83 bits per heavy atom. The number of nitrogens with zero attached hydrogens (tertiary/aromatic N) is 1. The first-order chi connectivity index (χ1) is 11.4. The Hall–Kier alpha value is -0.990. The monoisotopic (exact) mass is 355 g/mol. The van der Waals surface area contributed by atoms with Crippen molar-refractivity contribution >= 4 is 10.0 Å². The maximum absolute atomic E-state index is 12.6. The number of rotatable bonds is 8. The van der Waals surface area contributed by atoms with Crippen LogP contribution in [0.25, 0.3) is 0 Å². The molecule has 1 heterocycles. The predicted octanol–water partition coefficient (Wildman–Crippen LogP) is 1.04. The van der Waals surface area contributed by atoms with Crippen LogP contribution in [0.15, 0.2) is 29.2 Å². The fourth-order valence-corrected chi connectivity index (χ4v) is 4.26. The predicted molar refractivity (Wildman–Crippen MR) is 95.4 cm³/mol. The Bertz CT molecular complexity index is 603. The van der Waals surface area contributed by atoms with Crippen molar-refractivity contribution in [1.29, 1.82) is 0 Å². The number of hydrogen-bond acceptors (Lipinski definition) is 5. The molecule has 2 N–H and O–H groups in total. The summed E-state index contributed by atoms with van der Waals surface area (Å²) in [6.45, 7) is 3.55. The molecule has 0 atom stereocenters. The first-order valence-corrected chi connectivity index (χ1v) is 9.78. The lowest BCUT2D eigenvalue weighted by atomic mass is 9.80. The SMILES string of the molecule is COCC1(CNS(=O)(=O)c2ccc(CN(C)C)cc2)CCNCC1. The quantitative estimate of drug-likeness (QED) is 0.729. The van der Waals surface area contributed by atoms with Gasteiger partial charge in [0, 0.05) is 25.6 Å². The van der Waals surface area contributed by atoms with Crippen LogP contribution in [0.2, 0.25) is 0 Å². The van der Waals surface area contributed by atoms with Crippen molar-refractivity contribution in [2.45, 2.75) is 24.3 Å². The fourth-order valence-electron chi connectivity index (χ4n) is 3.11. The van der Waals surface area contributed by atoms with E-state index in [2.05, 4.69) is 10.0 Å². The average Bonchev–Trinajstić information content (AvgIpc) is 2.54. The highest BCUT2D eigenvalue weighted by Crippen LogP contribution is 2.28. The largest absolute Gasteiger partial charge is 0.384 e. The molecule has 0 saturated carbocycles. The van der Waals surface area contributed by atoms with Gasteiger partial charge in [-0.1, -0.05) is 12.1 Å². The normalized spacial score (nSPS) is 18.0. The van der Waals surface area contributed by atoms with Gasteiger partial charge in [-0.15, -0.1) is 0 Å². The summed E-state index contributed by atoms with van der Waals surface area (Å²) in [5.41, 5.74) is 0.964. The number of nitrogens with one attached hydrogen (secondary N) is 2. The number of benzene rings is 1. The first kappa shape index (κ1) is 19.3.